The Hall–Kier alpha value is -0.340. The lowest BCUT2D eigenvalue weighted by atomic mass is 9.84. The summed E-state index contributed by atoms with van der Waals surface area (Å²) in [5.74, 6) is 0.887. The van der Waals surface area contributed by atoms with Gasteiger partial charge in [-0.1, -0.05) is 39.0 Å². The molecular weight excluding hydrogens is 250 g/mol. The molecule has 1 aromatic rings. The molecule has 1 unspecified atom stereocenters. The van der Waals surface area contributed by atoms with Gasteiger partial charge in [0.25, 0.3) is 0 Å². The van der Waals surface area contributed by atoms with E-state index in [1.165, 1.54) is 62.7 Å². The van der Waals surface area contributed by atoms with Crippen molar-refractivity contribution < 1.29 is 0 Å². The van der Waals surface area contributed by atoms with Crippen molar-refractivity contribution in [3.05, 3.63) is 21.9 Å². The predicted octanol–water partition coefficient (Wildman–Crippen LogP) is 4.80. The number of aryl methyl sites for hydroxylation is 1. The molecule has 2 rings (SSSR count). The first-order chi connectivity index (χ1) is 9.33. The Morgan fingerprint density at radius 1 is 1.11 bits per heavy atom. The van der Waals surface area contributed by atoms with Gasteiger partial charge in [-0.2, -0.15) is 0 Å². The summed E-state index contributed by atoms with van der Waals surface area (Å²) in [5, 5.41) is 3.60. The Balaban J connectivity index is 1.93. The molecule has 0 aromatic carbocycles. The van der Waals surface area contributed by atoms with Crippen LogP contribution in [-0.2, 0) is 12.8 Å². The lowest BCUT2D eigenvalue weighted by molar-refractivity contribution is 0.294. The maximum atomic E-state index is 3.60. The van der Waals surface area contributed by atoms with Crippen LogP contribution in [0.2, 0.25) is 0 Å². The van der Waals surface area contributed by atoms with E-state index >= 15 is 0 Å². The van der Waals surface area contributed by atoms with Crippen molar-refractivity contribution in [1.82, 2.24) is 5.32 Å². The van der Waals surface area contributed by atoms with Crippen LogP contribution >= 0.6 is 11.3 Å². The van der Waals surface area contributed by atoms with E-state index in [4.69, 9.17) is 0 Å². The number of thiophene rings is 1. The summed E-state index contributed by atoms with van der Waals surface area (Å²) in [6.07, 6.45) is 12.5. The molecule has 0 radical (unpaired) electrons. The van der Waals surface area contributed by atoms with Crippen LogP contribution in [0, 0.1) is 5.92 Å². The summed E-state index contributed by atoms with van der Waals surface area (Å²) in [6, 6.07) is 5.34. The first-order valence-electron chi connectivity index (χ1n) is 8.08. The van der Waals surface area contributed by atoms with Crippen LogP contribution in [0.3, 0.4) is 0 Å². The maximum absolute atomic E-state index is 3.60. The Bertz CT molecular complexity index is 350. The van der Waals surface area contributed by atoms with Gasteiger partial charge in [-0.05, 0) is 50.8 Å². The Morgan fingerprint density at radius 3 is 2.32 bits per heavy atom. The van der Waals surface area contributed by atoms with Crippen molar-refractivity contribution in [2.75, 3.05) is 7.05 Å². The fraction of sp³-hybridized carbons (Fsp3) is 0.765. The molecule has 0 amide bonds. The van der Waals surface area contributed by atoms with Crippen LogP contribution in [0.5, 0.6) is 0 Å². The van der Waals surface area contributed by atoms with Gasteiger partial charge in [0, 0.05) is 15.8 Å². The van der Waals surface area contributed by atoms with Crippen LogP contribution in [0.15, 0.2) is 12.1 Å². The third-order valence-electron chi connectivity index (χ3n) is 4.58. The molecule has 0 bridgehead atoms. The average Bonchev–Trinajstić information content (AvgIpc) is 2.84. The third kappa shape index (κ3) is 4.61. The predicted molar refractivity (Wildman–Crippen MR) is 86.1 cm³/mol. The lowest BCUT2D eigenvalue weighted by Crippen LogP contribution is -2.35. The zero-order chi connectivity index (χ0) is 13.5. The SMILES string of the molecule is CCc1ccc(CC(NC)C2CCCCCCC2)s1. The smallest absolute Gasteiger partial charge is 0.0141 e. The van der Waals surface area contributed by atoms with E-state index in [2.05, 4.69) is 31.4 Å². The van der Waals surface area contributed by atoms with Gasteiger partial charge in [0.2, 0.25) is 0 Å². The summed E-state index contributed by atoms with van der Waals surface area (Å²) in [6.45, 7) is 2.25. The average molecular weight is 279 g/mol. The summed E-state index contributed by atoms with van der Waals surface area (Å²) < 4.78 is 0. The monoisotopic (exact) mass is 279 g/mol. The minimum atomic E-state index is 0.682. The fourth-order valence-electron chi connectivity index (χ4n) is 3.33. The second-order valence-electron chi connectivity index (χ2n) is 5.93. The van der Waals surface area contributed by atoms with E-state index in [-0.39, 0.29) is 0 Å². The summed E-state index contributed by atoms with van der Waals surface area (Å²) in [4.78, 5) is 3.10. The van der Waals surface area contributed by atoms with E-state index in [1.807, 2.05) is 11.3 Å². The van der Waals surface area contributed by atoms with Crippen molar-refractivity contribution in [3.8, 4) is 0 Å². The van der Waals surface area contributed by atoms with Gasteiger partial charge in [0.05, 0.1) is 0 Å². The van der Waals surface area contributed by atoms with E-state index < -0.39 is 0 Å². The van der Waals surface area contributed by atoms with Gasteiger partial charge in [-0.25, -0.2) is 0 Å². The number of hydrogen-bond acceptors (Lipinski definition) is 2. The van der Waals surface area contributed by atoms with Crippen LogP contribution in [0.1, 0.15) is 61.6 Å². The highest BCUT2D eigenvalue weighted by Gasteiger charge is 2.21. The zero-order valence-corrected chi connectivity index (χ0v) is 13.4. The minimum Gasteiger partial charge on any atom is -0.316 e. The standard InChI is InChI=1S/C17H29NS/c1-3-15-11-12-16(19-15)13-17(18-2)14-9-7-5-4-6-8-10-14/h11-12,14,17-18H,3-10,13H2,1-2H3. The van der Waals surface area contributed by atoms with E-state index in [0.717, 1.165) is 5.92 Å². The number of rotatable bonds is 5. The summed E-state index contributed by atoms with van der Waals surface area (Å²) in [7, 11) is 2.15. The molecule has 1 atom stereocenters. The van der Waals surface area contributed by atoms with Crippen molar-refractivity contribution in [1.29, 1.82) is 0 Å². The lowest BCUT2D eigenvalue weighted by Gasteiger charge is -2.28. The number of nitrogens with one attached hydrogen (secondary N) is 1. The molecule has 0 aliphatic heterocycles. The molecule has 0 saturated heterocycles. The zero-order valence-electron chi connectivity index (χ0n) is 12.6. The van der Waals surface area contributed by atoms with E-state index in [9.17, 15) is 0 Å². The normalized spacial score (nSPS) is 19.9. The molecule has 19 heavy (non-hydrogen) atoms. The second-order valence-corrected chi connectivity index (χ2v) is 7.18. The largest absolute Gasteiger partial charge is 0.316 e. The molecule has 1 N–H and O–H groups in total. The molecule has 1 nitrogen and oxygen atoms in total. The number of hydrogen-bond donors (Lipinski definition) is 1. The molecule has 1 heterocycles. The molecule has 1 saturated carbocycles. The number of likely N-dealkylation sites (N-methyl/N-ethyl adjacent to an activating group) is 1. The van der Waals surface area contributed by atoms with E-state index in [1.54, 1.807) is 4.88 Å². The maximum Gasteiger partial charge on any atom is 0.0141 e. The highest BCUT2D eigenvalue weighted by Crippen LogP contribution is 2.28. The van der Waals surface area contributed by atoms with Gasteiger partial charge in [0.15, 0.2) is 0 Å². The molecule has 1 aromatic heterocycles. The molecule has 108 valence electrons. The Labute approximate surface area is 122 Å². The first-order valence-corrected chi connectivity index (χ1v) is 8.90. The molecule has 1 aliphatic carbocycles. The third-order valence-corrected chi connectivity index (χ3v) is 5.83. The molecular formula is C17H29NS. The quantitative estimate of drug-likeness (QED) is 0.816. The highest BCUT2D eigenvalue weighted by atomic mass is 32.1. The van der Waals surface area contributed by atoms with Crippen molar-refractivity contribution in [2.45, 2.75) is 70.8 Å². The van der Waals surface area contributed by atoms with Gasteiger partial charge in [-0.15, -0.1) is 11.3 Å². The molecule has 1 fully saturated rings. The fourth-order valence-corrected chi connectivity index (χ4v) is 4.35. The van der Waals surface area contributed by atoms with E-state index in [0.29, 0.717) is 6.04 Å². The van der Waals surface area contributed by atoms with Crippen LogP contribution in [0.4, 0.5) is 0 Å². The minimum absolute atomic E-state index is 0.682. The van der Waals surface area contributed by atoms with Crippen molar-refractivity contribution in [3.63, 3.8) is 0 Å². The molecule has 2 heteroatoms. The van der Waals surface area contributed by atoms with Gasteiger partial charge in [0.1, 0.15) is 0 Å². The molecule has 1 aliphatic rings. The van der Waals surface area contributed by atoms with Gasteiger partial charge in [-0.3, -0.25) is 0 Å². The van der Waals surface area contributed by atoms with Crippen molar-refractivity contribution in [2.24, 2.45) is 5.92 Å². The summed E-state index contributed by atoms with van der Waals surface area (Å²) >= 11 is 2.01. The second kappa shape index (κ2) is 8.06. The topological polar surface area (TPSA) is 12.0 Å². The van der Waals surface area contributed by atoms with Gasteiger partial charge >= 0.3 is 0 Å². The van der Waals surface area contributed by atoms with Crippen LogP contribution < -0.4 is 5.32 Å². The van der Waals surface area contributed by atoms with Crippen molar-refractivity contribution >= 4 is 11.3 Å². The highest BCUT2D eigenvalue weighted by molar-refractivity contribution is 7.11. The van der Waals surface area contributed by atoms with Gasteiger partial charge < -0.3 is 5.32 Å². The van der Waals surface area contributed by atoms with Crippen LogP contribution in [0.25, 0.3) is 0 Å². The Kier molecular flexibility index (Phi) is 6.39. The first kappa shape index (κ1) is 15.1. The van der Waals surface area contributed by atoms with Crippen LogP contribution in [-0.4, -0.2) is 13.1 Å². The summed E-state index contributed by atoms with van der Waals surface area (Å²) in [5.41, 5.74) is 0. The Morgan fingerprint density at radius 2 is 1.74 bits per heavy atom. The molecule has 0 spiro atoms.